The minimum absolute atomic E-state index is 0.214. The van der Waals surface area contributed by atoms with E-state index >= 15 is 0 Å². The molecule has 3 aromatic rings. The van der Waals surface area contributed by atoms with Crippen LogP contribution in [0.2, 0.25) is 0 Å². The third-order valence-corrected chi connectivity index (χ3v) is 5.24. The molecule has 0 unspecified atom stereocenters. The van der Waals surface area contributed by atoms with Crippen LogP contribution in [0.15, 0.2) is 36.7 Å². The van der Waals surface area contributed by atoms with E-state index in [0.29, 0.717) is 18.5 Å². The molecule has 8 heteroatoms. The van der Waals surface area contributed by atoms with Gasteiger partial charge in [-0.25, -0.2) is 14.5 Å². The number of urea groups is 1. The van der Waals surface area contributed by atoms with Crippen LogP contribution in [-0.2, 0) is 0 Å². The zero-order valence-corrected chi connectivity index (χ0v) is 16.7. The number of carbonyl (C=O) groups is 1. The number of benzene rings is 1. The van der Waals surface area contributed by atoms with Gasteiger partial charge < -0.3 is 16.0 Å². The second-order valence-electron chi connectivity index (χ2n) is 7.39. The van der Waals surface area contributed by atoms with Gasteiger partial charge in [0.25, 0.3) is 0 Å². The highest BCUT2D eigenvalue weighted by molar-refractivity contribution is 5.89. The molecule has 0 saturated heterocycles. The fourth-order valence-electron chi connectivity index (χ4n) is 3.77. The zero-order valence-electron chi connectivity index (χ0n) is 16.7. The van der Waals surface area contributed by atoms with E-state index in [1.54, 1.807) is 0 Å². The lowest BCUT2D eigenvalue weighted by molar-refractivity contribution is 0.252. The van der Waals surface area contributed by atoms with Crippen molar-refractivity contribution in [1.29, 1.82) is 0 Å². The van der Waals surface area contributed by atoms with Crippen LogP contribution in [0, 0.1) is 0 Å². The summed E-state index contributed by atoms with van der Waals surface area (Å²) in [4.78, 5) is 20.8. The molecule has 0 radical (unpaired) electrons. The first-order chi connectivity index (χ1) is 14.2. The molecule has 2 amide bonds. The van der Waals surface area contributed by atoms with Crippen molar-refractivity contribution < 1.29 is 4.79 Å². The van der Waals surface area contributed by atoms with E-state index in [-0.39, 0.29) is 6.03 Å². The van der Waals surface area contributed by atoms with Crippen LogP contribution >= 0.6 is 0 Å². The average molecular weight is 393 g/mol. The van der Waals surface area contributed by atoms with Gasteiger partial charge in [0.05, 0.1) is 17.6 Å². The summed E-state index contributed by atoms with van der Waals surface area (Å²) in [5.74, 6) is 0.539. The second-order valence-corrected chi connectivity index (χ2v) is 7.39. The molecule has 0 bridgehead atoms. The molecule has 1 aliphatic rings. The van der Waals surface area contributed by atoms with Gasteiger partial charge in [0.15, 0.2) is 5.65 Å². The molecule has 152 valence electrons. The normalized spacial score (nSPS) is 15.1. The quantitative estimate of drug-likeness (QED) is 0.550. The second kappa shape index (κ2) is 8.89. The smallest absolute Gasteiger partial charge is 0.319 e. The first-order valence-corrected chi connectivity index (χ1v) is 10.3. The zero-order chi connectivity index (χ0) is 20.1. The summed E-state index contributed by atoms with van der Waals surface area (Å²) in [6, 6.07) is 7.65. The minimum Gasteiger partial charge on any atom is -0.338 e. The van der Waals surface area contributed by atoms with Gasteiger partial charge in [-0.2, -0.15) is 10.1 Å². The highest BCUT2D eigenvalue weighted by Crippen LogP contribution is 2.29. The molecule has 0 spiro atoms. The largest absolute Gasteiger partial charge is 0.338 e. The third-order valence-electron chi connectivity index (χ3n) is 5.24. The van der Waals surface area contributed by atoms with E-state index in [0.717, 1.165) is 35.2 Å². The Kier molecular flexibility index (Phi) is 5.88. The Balaban J connectivity index is 1.49. The topological polar surface area (TPSA) is 96.8 Å². The van der Waals surface area contributed by atoms with Gasteiger partial charge in [-0.15, -0.1) is 0 Å². The Bertz CT molecular complexity index is 959. The monoisotopic (exact) mass is 393 g/mol. The van der Waals surface area contributed by atoms with Crippen molar-refractivity contribution in [3.63, 3.8) is 0 Å². The molecule has 1 aliphatic carbocycles. The molecule has 1 fully saturated rings. The molecule has 0 atom stereocenters. The van der Waals surface area contributed by atoms with Crippen molar-refractivity contribution in [3.05, 3.63) is 36.7 Å². The lowest BCUT2D eigenvalue weighted by Gasteiger charge is -2.15. The molecule has 4 rings (SSSR count). The molecule has 3 N–H and O–H groups in total. The summed E-state index contributed by atoms with van der Waals surface area (Å²) in [5, 5.41) is 14.3. The van der Waals surface area contributed by atoms with E-state index < -0.39 is 0 Å². The standard InChI is InChI=1S/C21H27N7O/c1-2-22-21(29)26-17-11-9-16(10-12-17)25-20-23-13-15-14-24-28(19(15)27-20)18-7-5-3-4-6-8-18/h9-14,18H,2-8H2,1H3,(H2,22,26,29)(H,23,25,27). The van der Waals surface area contributed by atoms with Gasteiger partial charge in [0, 0.05) is 24.1 Å². The third kappa shape index (κ3) is 4.64. The van der Waals surface area contributed by atoms with Gasteiger partial charge in [0.1, 0.15) is 0 Å². The van der Waals surface area contributed by atoms with Gasteiger partial charge in [-0.3, -0.25) is 0 Å². The Morgan fingerprint density at radius 1 is 1.07 bits per heavy atom. The van der Waals surface area contributed by atoms with E-state index in [1.807, 2.05) is 43.6 Å². The summed E-state index contributed by atoms with van der Waals surface area (Å²) < 4.78 is 2.08. The fourth-order valence-corrected chi connectivity index (χ4v) is 3.77. The predicted molar refractivity (Wildman–Crippen MR) is 114 cm³/mol. The Morgan fingerprint density at radius 3 is 2.52 bits per heavy atom. The lowest BCUT2D eigenvalue weighted by Crippen LogP contribution is -2.28. The Labute approximate surface area is 170 Å². The van der Waals surface area contributed by atoms with Crippen LogP contribution in [0.5, 0.6) is 0 Å². The van der Waals surface area contributed by atoms with Crippen LogP contribution in [0.25, 0.3) is 11.0 Å². The van der Waals surface area contributed by atoms with Crippen LogP contribution in [0.4, 0.5) is 22.1 Å². The fraction of sp³-hybridized carbons (Fsp3) is 0.429. The van der Waals surface area contributed by atoms with Crippen LogP contribution in [0.3, 0.4) is 0 Å². The summed E-state index contributed by atoms with van der Waals surface area (Å²) in [6.45, 7) is 2.47. The minimum atomic E-state index is -0.214. The maximum Gasteiger partial charge on any atom is 0.319 e. The van der Waals surface area contributed by atoms with E-state index in [1.165, 1.54) is 25.7 Å². The maximum atomic E-state index is 11.6. The highest BCUT2D eigenvalue weighted by atomic mass is 16.2. The molecular weight excluding hydrogens is 366 g/mol. The Hall–Kier alpha value is -3.16. The first kappa shape index (κ1) is 19.2. The number of rotatable bonds is 5. The number of carbonyl (C=O) groups excluding carboxylic acids is 1. The molecule has 2 heterocycles. The maximum absolute atomic E-state index is 11.6. The lowest BCUT2D eigenvalue weighted by atomic mass is 10.1. The summed E-state index contributed by atoms with van der Waals surface area (Å²) in [6.07, 6.45) is 11.1. The number of hydrogen-bond acceptors (Lipinski definition) is 5. The molecule has 1 aromatic carbocycles. The van der Waals surface area contributed by atoms with Gasteiger partial charge >= 0.3 is 6.03 Å². The average Bonchev–Trinajstić information content (AvgIpc) is 2.95. The molecule has 1 saturated carbocycles. The number of nitrogens with one attached hydrogen (secondary N) is 3. The number of fused-ring (bicyclic) bond motifs is 1. The molecule has 0 aliphatic heterocycles. The molecule has 29 heavy (non-hydrogen) atoms. The number of amides is 2. The van der Waals surface area contributed by atoms with E-state index in [4.69, 9.17) is 4.98 Å². The first-order valence-electron chi connectivity index (χ1n) is 10.3. The number of anilines is 3. The van der Waals surface area contributed by atoms with Crippen molar-refractivity contribution in [2.24, 2.45) is 0 Å². The SMILES string of the molecule is CCNC(=O)Nc1ccc(Nc2ncc3cnn(C4CCCCCC4)c3n2)cc1. The van der Waals surface area contributed by atoms with Crippen molar-refractivity contribution in [3.8, 4) is 0 Å². The number of aromatic nitrogens is 4. The van der Waals surface area contributed by atoms with Crippen LogP contribution in [0.1, 0.15) is 51.5 Å². The number of hydrogen-bond donors (Lipinski definition) is 3. The van der Waals surface area contributed by atoms with Crippen molar-refractivity contribution in [2.45, 2.75) is 51.5 Å². The van der Waals surface area contributed by atoms with Gasteiger partial charge in [0.2, 0.25) is 5.95 Å². The van der Waals surface area contributed by atoms with Crippen LogP contribution < -0.4 is 16.0 Å². The van der Waals surface area contributed by atoms with Crippen molar-refractivity contribution in [1.82, 2.24) is 25.1 Å². The Morgan fingerprint density at radius 2 is 1.79 bits per heavy atom. The summed E-state index contributed by atoms with van der Waals surface area (Å²) >= 11 is 0. The molecule has 8 nitrogen and oxygen atoms in total. The van der Waals surface area contributed by atoms with Gasteiger partial charge in [-0.05, 0) is 44.0 Å². The summed E-state index contributed by atoms with van der Waals surface area (Å²) in [5.41, 5.74) is 2.46. The van der Waals surface area contributed by atoms with Crippen molar-refractivity contribution in [2.75, 3.05) is 17.2 Å². The van der Waals surface area contributed by atoms with E-state index in [2.05, 4.69) is 30.7 Å². The predicted octanol–water partition coefficient (Wildman–Crippen LogP) is 4.61. The molecule has 2 aromatic heterocycles. The number of nitrogens with zero attached hydrogens (tertiary/aromatic N) is 4. The highest BCUT2D eigenvalue weighted by Gasteiger charge is 2.18. The molecular formula is C21H27N7O. The van der Waals surface area contributed by atoms with Crippen molar-refractivity contribution >= 4 is 34.4 Å². The summed E-state index contributed by atoms with van der Waals surface area (Å²) in [7, 11) is 0. The van der Waals surface area contributed by atoms with Crippen LogP contribution in [-0.4, -0.2) is 32.3 Å². The van der Waals surface area contributed by atoms with E-state index in [9.17, 15) is 4.79 Å². The van der Waals surface area contributed by atoms with Gasteiger partial charge in [-0.1, -0.05) is 25.7 Å².